The highest BCUT2D eigenvalue weighted by atomic mass is 16.4. The lowest BCUT2D eigenvalue weighted by Crippen LogP contribution is -2.55. The van der Waals surface area contributed by atoms with E-state index < -0.39 is 30.4 Å². The molecule has 0 aromatic heterocycles. The van der Waals surface area contributed by atoms with Crippen molar-refractivity contribution in [3.63, 3.8) is 0 Å². The molecule has 3 atom stereocenters. The van der Waals surface area contributed by atoms with Crippen LogP contribution in [0.1, 0.15) is 39.5 Å². The number of nitrogens with zero attached hydrogens (tertiary/aromatic N) is 1. The van der Waals surface area contributed by atoms with Crippen molar-refractivity contribution in [2.45, 2.75) is 57.7 Å². The average Bonchev–Trinajstić information content (AvgIpc) is 2.27. The van der Waals surface area contributed by atoms with Crippen LogP contribution in [0.4, 0.5) is 4.79 Å². The van der Waals surface area contributed by atoms with Crippen molar-refractivity contribution >= 4 is 17.9 Å². The molecule has 0 saturated carbocycles. The summed E-state index contributed by atoms with van der Waals surface area (Å²) >= 11 is 0. The van der Waals surface area contributed by atoms with Gasteiger partial charge in [0.05, 0.1) is 6.42 Å². The number of carbonyl (C=O) groups is 3. The zero-order chi connectivity index (χ0) is 14.6. The number of carboxylic acids is 1. The monoisotopic (exact) mass is 271 g/mol. The molecule has 0 aromatic carbocycles. The van der Waals surface area contributed by atoms with Gasteiger partial charge in [-0.2, -0.15) is 0 Å². The normalized spacial score (nSPS) is 24.6. The summed E-state index contributed by atoms with van der Waals surface area (Å²) < 4.78 is 0. The highest BCUT2D eigenvalue weighted by Gasteiger charge is 2.31. The highest BCUT2D eigenvalue weighted by molar-refractivity contribution is 5.87. The zero-order valence-electron chi connectivity index (χ0n) is 11.3. The van der Waals surface area contributed by atoms with E-state index in [0.29, 0.717) is 0 Å². The summed E-state index contributed by atoms with van der Waals surface area (Å²) in [6.07, 6.45) is 2.43. The molecule has 1 aliphatic rings. The van der Waals surface area contributed by atoms with Crippen molar-refractivity contribution < 1.29 is 19.5 Å². The smallest absolute Gasteiger partial charge is 0.326 e. The first kappa shape index (κ1) is 15.3. The maximum atomic E-state index is 12.1. The standard InChI is InChI=1S/C12H21N3O4/c1-7-4-3-5-8(2)15(7)12(19)14-9(11(17)18)6-10(13)16/h7-9H,3-6H2,1-2H3,(H2,13,16)(H,14,19)(H,17,18)/t7?,8?,9-/m1/s1. The summed E-state index contributed by atoms with van der Waals surface area (Å²) in [5.74, 6) is -2.02. The predicted octanol–water partition coefficient (Wildman–Crippen LogP) is 0.288. The van der Waals surface area contributed by atoms with Crippen molar-refractivity contribution in [3.8, 4) is 0 Å². The third kappa shape index (κ3) is 4.11. The van der Waals surface area contributed by atoms with Gasteiger partial charge >= 0.3 is 12.0 Å². The summed E-state index contributed by atoms with van der Waals surface area (Å²) in [5, 5.41) is 11.3. The van der Waals surface area contributed by atoms with Crippen molar-refractivity contribution in [2.75, 3.05) is 0 Å². The van der Waals surface area contributed by atoms with Gasteiger partial charge in [-0.3, -0.25) is 4.79 Å². The van der Waals surface area contributed by atoms with Gasteiger partial charge in [-0.25, -0.2) is 9.59 Å². The summed E-state index contributed by atoms with van der Waals surface area (Å²) in [5.41, 5.74) is 4.97. The molecule has 0 aliphatic carbocycles. The first-order chi connectivity index (χ1) is 8.82. The van der Waals surface area contributed by atoms with Crippen LogP contribution in [0.3, 0.4) is 0 Å². The van der Waals surface area contributed by atoms with E-state index >= 15 is 0 Å². The van der Waals surface area contributed by atoms with Gasteiger partial charge in [0.25, 0.3) is 0 Å². The molecule has 1 heterocycles. The average molecular weight is 271 g/mol. The second kappa shape index (κ2) is 6.40. The van der Waals surface area contributed by atoms with Crippen LogP contribution in [0.15, 0.2) is 0 Å². The number of piperidine rings is 1. The van der Waals surface area contributed by atoms with Gasteiger partial charge < -0.3 is 21.1 Å². The molecule has 0 aromatic rings. The second-order valence-corrected chi connectivity index (χ2v) is 5.05. The Morgan fingerprint density at radius 1 is 1.32 bits per heavy atom. The molecule has 1 aliphatic heterocycles. The molecule has 2 unspecified atom stereocenters. The Balaban J connectivity index is 2.70. The SMILES string of the molecule is CC1CCCC(C)N1C(=O)N[C@H](CC(N)=O)C(=O)O. The minimum atomic E-state index is -1.27. The molecular formula is C12H21N3O4. The number of hydrogen-bond donors (Lipinski definition) is 3. The van der Waals surface area contributed by atoms with E-state index in [4.69, 9.17) is 10.8 Å². The molecule has 0 radical (unpaired) electrons. The Labute approximate surface area is 112 Å². The third-order valence-corrected chi connectivity index (χ3v) is 3.43. The number of primary amides is 1. The first-order valence-corrected chi connectivity index (χ1v) is 6.43. The Hall–Kier alpha value is -1.79. The van der Waals surface area contributed by atoms with Gasteiger partial charge in [0.15, 0.2) is 0 Å². The number of rotatable bonds is 4. The van der Waals surface area contributed by atoms with Gasteiger partial charge in [0.1, 0.15) is 6.04 Å². The maximum Gasteiger partial charge on any atom is 0.326 e. The summed E-state index contributed by atoms with van der Waals surface area (Å²) in [4.78, 5) is 35.5. The summed E-state index contributed by atoms with van der Waals surface area (Å²) in [7, 11) is 0. The fourth-order valence-electron chi connectivity index (χ4n) is 2.45. The topological polar surface area (TPSA) is 113 Å². The summed E-state index contributed by atoms with van der Waals surface area (Å²) in [6.45, 7) is 3.86. The predicted molar refractivity (Wildman–Crippen MR) is 68.4 cm³/mol. The molecule has 1 fully saturated rings. The number of nitrogens with one attached hydrogen (secondary N) is 1. The van der Waals surface area contributed by atoms with Gasteiger partial charge in [-0.05, 0) is 33.1 Å². The van der Waals surface area contributed by atoms with Crippen LogP contribution in [0.2, 0.25) is 0 Å². The number of urea groups is 1. The van der Waals surface area contributed by atoms with E-state index in [2.05, 4.69) is 5.32 Å². The van der Waals surface area contributed by atoms with E-state index in [1.54, 1.807) is 4.90 Å². The Morgan fingerprint density at radius 3 is 2.26 bits per heavy atom. The number of carbonyl (C=O) groups excluding carboxylic acids is 2. The second-order valence-electron chi connectivity index (χ2n) is 5.05. The van der Waals surface area contributed by atoms with E-state index in [-0.39, 0.29) is 12.1 Å². The van der Waals surface area contributed by atoms with Crippen LogP contribution in [-0.4, -0.2) is 46.0 Å². The number of amides is 3. The van der Waals surface area contributed by atoms with Crippen molar-refractivity contribution in [1.29, 1.82) is 0 Å². The molecule has 1 saturated heterocycles. The van der Waals surface area contributed by atoms with Crippen molar-refractivity contribution in [3.05, 3.63) is 0 Å². The van der Waals surface area contributed by atoms with Crippen LogP contribution in [0.25, 0.3) is 0 Å². The fourth-order valence-corrected chi connectivity index (χ4v) is 2.45. The molecule has 3 amide bonds. The van der Waals surface area contributed by atoms with E-state index in [0.717, 1.165) is 19.3 Å². The molecular weight excluding hydrogens is 250 g/mol. The maximum absolute atomic E-state index is 12.1. The van der Waals surface area contributed by atoms with Gasteiger partial charge in [-0.1, -0.05) is 0 Å². The van der Waals surface area contributed by atoms with Crippen molar-refractivity contribution in [2.24, 2.45) is 5.73 Å². The van der Waals surface area contributed by atoms with Crippen molar-refractivity contribution in [1.82, 2.24) is 10.2 Å². The van der Waals surface area contributed by atoms with E-state index in [9.17, 15) is 14.4 Å². The van der Waals surface area contributed by atoms with Crippen LogP contribution >= 0.6 is 0 Å². The zero-order valence-corrected chi connectivity index (χ0v) is 11.3. The molecule has 1 rings (SSSR count). The van der Waals surface area contributed by atoms with Crippen LogP contribution < -0.4 is 11.1 Å². The molecule has 4 N–H and O–H groups in total. The van der Waals surface area contributed by atoms with Crippen LogP contribution in [0, 0.1) is 0 Å². The number of aliphatic carboxylic acids is 1. The molecule has 108 valence electrons. The largest absolute Gasteiger partial charge is 0.480 e. The van der Waals surface area contributed by atoms with Crippen LogP contribution in [-0.2, 0) is 9.59 Å². The molecule has 0 bridgehead atoms. The van der Waals surface area contributed by atoms with Gasteiger partial charge in [0.2, 0.25) is 5.91 Å². The highest BCUT2D eigenvalue weighted by Crippen LogP contribution is 2.22. The first-order valence-electron chi connectivity index (χ1n) is 6.43. The number of likely N-dealkylation sites (tertiary alicyclic amines) is 1. The third-order valence-electron chi connectivity index (χ3n) is 3.43. The van der Waals surface area contributed by atoms with Gasteiger partial charge in [-0.15, -0.1) is 0 Å². The number of nitrogens with two attached hydrogens (primary N) is 1. The lowest BCUT2D eigenvalue weighted by molar-refractivity contribution is -0.141. The Kier molecular flexibility index (Phi) is 5.14. The van der Waals surface area contributed by atoms with E-state index in [1.165, 1.54) is 0 Å². The number of hydrogen-bond acceptors (Lipinski definition) is 3. The lowest BCUT2D eigenvalue weighted by Gasteiger charge is -2.39. The lowest BCUT2D eigenvalue weighted by atomic mass is 9.98. The summed E-state index contributed by atoms with van der Waals surface area (Å²) in [6, 6.07) is -1.60. The molecule has 7 nitrogen and oxygen atoms in total. The Bertz CT molecular complexity index is 362. The minimum Gasteiger partial charge on any atom is -0.480 e. The minimum absolute atomic E-state index is 0.0618. The van der Waals surface area contributed by atoms with Crippen LogP contribution in [0.5, 0.6) is 0 Å². The molecule has 7 heteroatoms. The quantitative estimate of drug-likeness (QED) is 0.682. The fraction of sp³-hybridized carbons (Fsp3) is 0.750. The Morgan fingerprint density at radius 2 is 1.84 bits per heavy atom. The molecule has 0 spiro atoms. The van der Waals surface area contributed by atoms with E-state index in [1.807, 2.05) is 13.8 Å². The number of carboxylic acid groups (broad SMARTS) is 1. The van der Waals surface area contributed by atoms with Gasteiger partial charge in [0, 0.05) is 12.1 Å². The molecule has 19 heavy (non-hydrogen) atoms.